The van der Waals surface area contributed by atoms with Crippen LogP contribution in [-0.4, -0.2) is 63.5 Å². The number of nitrogens with two attached hydrogens (primary N) is 1. The number of aromatic nitrogens is 3. The van der Waals surface area contributed by atoms with Gasteiger partial charge in [0, 0.05) is 23.4 Å². The molecule has 13 heteroatoms. The minimum absolute atomic E-state index is 0.0684. The molecule has 210 valence electrons. The molecule has 4 N–H and O–H groups in total. The quantitative estimate of drug-likeness (QED) is 0.223. The maximum atomic E-state index is 14.8. The highest BCUT2D eigenvalue weighted by Crippen LogP contribution is 2.33. The first-order valence-corrected chi connectivity index (χ1v) is 12.0. The summed E-state index contributed by atoms with van der Waals surface area (Å²) in [6.45, 7) is 5.20. The topological polar surface area (TPSA) is 176 Å². The van der Waals surface area contributed by atoms with Crippen molar-refractivity contribution < 1.29 is 38.1 Å². The summed E-state index contributed by atoms with van der Waals surface area (Å²) >= 11 is 0. The molecule has 0 aliphatic carbocycles. The fraction of sp³-hybridized carbons (Fsp3) is 0.333. The third-order valence-corrected chi connectivity index (χ3v) is 5.75. The third kappa shape index (κ3) is 6.52. The normalized spacial score (nSPS) is 11.8. The van der Waals surface area contributed by atoms with E-state index in [0.29, 0.717) is 0 Å². The van der Waals surface area contributed by atoms with Gasteiger partial charge in [-0.2, -0.15) is 4.98 Å². The second kappa shape index (κ2) is 11.8. The van der Waals surface area contributed by atoms with Crippen molar-refractivity contribution >= 4 is 29.6 Å². The number of ketones is 1. The van der Waals surface area contributed by atoms with E-state index in [9.17, 15) is 28.7 Å². The van der Waals surface area contributed by atoms with Crippen LogP contribution in [0.5, 0.6) is 5.88 Å². The highest BCUT2D eigenvalue weighted by Gasteiger charge is 2.29. The lowest BCUT2D eigenvalue weighted by atomic mass is 9.89. The Morgan fingerprint density at radius 1 is 1.15 bits per heavy atom. The number of Topliss-reactive ketones (excluding diaryl/α,β-unsaturated/α-hetero) is 1. The van der Waals surface area contributed by atoms with Crippen molar-refractivity contribution in [1.82, 2.24) is 19.9 Å². The SMILES string of the molecule is COC(=O)CC[C@H](NC(=O)c1ccc(C#Cn2c(N)nc3nc(C(=O)C(C)(C)C)cc-3c2O)cc1F)C(=O)OC. The minimum Gasteiger partial charge on any atom is -0.493 e. The maximum absolute atomic E-state index is 14.8. The van der Waals surface area contributed by atoms with Gasteiger partial charge in [0.2, 0.25) is 11.8 Å². The Morgan fingerprint density at radius 3 is 2.45 bits per heavy atom. The van der Waals surface area contributed by atoms with Gasteiger partial charge < -0.3 is 25.6 Å². The van der Waals surface area contributed by atoms with Crippen LogP contribution in [0.25, 0.3) is 11.4 Å². The fourth-order valence-corrected chi connectivity index (χ4v) is 3.54. The van der Waals surface area contributed by atoms with Crippen molar-refractivity contribution in [3.63, 3.8) is 0 Å². The van der Waals surface area contributed by atoms with Gasteiger partial charge in [0.05, 0.1) is 25.3 Å². The lowest BCUT2D eigenvalue weighted by Crippen LogP contribution is -2.42. The molecule has 1 atom stereocenters. The summed E-state index contributed by atoms with van der Waals surface area (Å²) in [6.07, 6.45) is -0.279. The van der Waals surface area contributed by atoms with E-state index in [1.54, 1.807) is 20.8 Å². The summed E-state index contributed by atoms with van der Waals surface area (Å²) in [5, 5.41) is 13.1. The predicted octanol–water partition coefficient (Wildman–Crippen LogP) is 2.12. The molecule has 1 amide bonds. The van der Waals surface area contributed by atoms with Crippen LogP contribution in [-0.2, 0) is 19.1 Å². The molecule has 3 rings (SSSR count). The number of ether oxygens (including phenoxy) is 2. The molecule has 0 saturated heterocycles. The van der Waals surface area contributed by atoms with Crippen LogP contribution in [0, 0.1) is 23.2 Å². The van der Waals surface area contributed by atoms with Crippen molar-refractivity contribution in [1.29, 1.82) is 0 Å². The molecule has 2 aliphatic heterocycles. The van der Waals surface area contributed by atoms with Crippen LogP contribution in [0.1, 0.15) is 60.0 Å². The monoisotopic (exact) mass is 553 g/mol. The number of hydrogen-bond donors (Lipinski definition) is 3. The highest BCUT2D eigenvalue weighted by molar-refractivity contribution is 6.00. The molecule has 1 aromatic carbocycles. The second-order valence-electron chi connectivity index (χ2n) is 9.68. The van der Waals surface area contributed by atoms with Gasteiger partial charge in [-0.15, -0.1) is 0 Å². The lowest BCUT2D eigenvalue weighted by molar-refractivity contribution is -0.144. The van der Waals surface area contributed by atoms with Gasteiger partial charge in [0.1, 0.15) is 17.6 Å². The summed E-state index contributed by atoms with van der Waals surface area (Å²) < 4.78 is 24.9. The number of aromatic hydroxyl groups is 1. The van der Waals surface area contributed by atoms with E-state index in [1.807, 2.05) is 0 Å². The number of rotatable bonds is 7. The summed E-state index contributed by atoms with van der Waals surface area (Å²) in [5.74, 6) is -1.44. The van der Waals surface area contributed by atoms with E-state index in [0.717, 1.165) is 23.8 Å². The number of anilines is 1. The number of fused-ring (bicyclic) bond motifs is 1. The third-order valence-electron chi connectivity index (χ3n) is 5.75. The Bertz CT molecular complexity index is 1510. The van der Waals surface area contributed by atoms with E-state index >= 15 is 0 Å². The summed E-state index contributed by atoms with van der Waals surface area (Å²) in [7, 11) is 2.30. The molecular formula is C27H28FN5O7. The number of halogens is 1. The Labute approximate surface area is 229 Å². The van der Waals surface area contributed by atoms with Gasteiger partial charge in [-0.05, 0) is 36.6 Å². The molecule has 12 nitrogen and oxygen atoms in total. The number of carbonyl (C=O) groups is 4. The van der Waals surface area contributed by atoms with E-state index in [4.69, 9.17) is 5.73 Å². The number of esters is 2. The predicted molar refractivity (Wildman–Crippen MR) is 140 cm³/mol. The highest BCUT2D eigenvalue weighted by atomic mass is 19.1. The Balaban J connectivity index is 1.85. The van der Waals surface area contributed by atoms with Crippen molar-refractivity contribution in [2.45, 2.75) is 39.7 Å². The maximum Gasteiger partial charge on any atom is 0.328 e. The minimum atomic E-state index is -1.20. The number of nitrogen functional groups attached to an aromatic ring is 1. The summed E-state index contributed by atoms with van der Waals surface area (Å²) in [4.78, 5) is 56.8. The van der Waals surface area contributed by atoms with Crippen LogP contribution < -0.4 is 11.1 Å². The first-order chi connectivity index (χ1) is 18.8. The smallest absolute Gasteiger partial charge is 0.328 e. The second-order valence-corrected chi connectivity index (χ2v) is 9.68. The van der Waals surface area contributed by atoms with Gasteiger partial charge in [0.15, 0.2) is 11.6 Å². The number of amides is 1. The Hall–Kier alpha value is -4.99. The molecule has 0 bridgehead atoms. The van der Waals surface area contributed by atoms with Crippen molar-refractivity contribution in [3.8, 4) is 29.2 Å². The fourth-order valence-electron chi connectivity index (χ4n) is 3.54. The number of nitrogens with one attached hydrogen (secondary N) is 1. The lowest BCUT2D eigenvalue weighted by Gasteiger charge is -2.16. The molecule has 40 heavy (non-hydrogen) atoms. The number of benzene rings is 1. The van der Waals surface area contributed by atoms with Crippen molar-refractivity contribution in [3.05, 3.63) is 46.9 Å². The first-order valence-electron chi connectivity index (χ1n) is 12.0. The van der Waals surface area contributed by atoms with Crippen LogP contribution in [0.2, 0.25) is 0 Å². The average Bonchev–Trinajstić information content (AvgIpc) is 3.33. The Morgan fingerprint density at radius 2 is 1.85 bits per heavy atom. The molecule has 2 heterocycles. The van der Waals surface area contributed by atoms with E-state index in [1.165, 1.54) is 19.2 Å². The van der Waals surface area contributed by atoms with Crippen LogP contribution in [0.4, 0.5) is 10.3 Å². The molecule has 0 fully saturated rings. The first kappa shape index (κ1) is 29.6. The molecule has 0 aromatic heterocycles. The van der Waals surface area contributed by atoms with Gasteiger partial charge in [-0.3, -0.25) is 14.4 Å². The van der Waals surface area contributed by atoms with E-state index in [-0.39, 0.29) is 52.8 Å². The van der Waals surface area contributed by atoms with Crippen LogP contribution in [0.3, 0.4) is 0 Å². The van der Waals surface area contributed by atoms with Gasteiger partial charge in [0.25, 0.3) is 5.91 Å². The molecule has 1 aromatic rings. The summed E-state index contributed by atoms with van der Waals surface area (Å²) in [5.41, 5.74) is 5.23. The van der Waals surface area contributed by atoms with E-state index < -0.39 is 41.0 Å². The van der Waals surface area contributed by atoms with Gasteiger partial charge >= 0.3 is 11.9 Å². The van der Waals surface area contributed by atoms with E-state index in [2.05, 4.69) is 36.7 Å². The zero-order chi connectivity index (χ0) is 29.8. The molecule has 0 spiro atoms. The molecule has 0 unspecified atom stereocenters. The van der Waals surface area contributed by atoms with Crippen molar-refractivity contribution in [2.24, 2.45) is 5.41 Å². The van der Waals surface area contributed by atoms with Gasteiger partial charge in [-0.25, -0.2) is 18.7 Å². The number of nitrogens with zero attached hydrogens (tertiary/aromatic N) is 3. The van der Waals surface area contributed by atoms with Crippen LogP contribution in [0.15, 0.2) is 24.3 Å². The molecule has 2 aliphatic rings. The Kier molecular flexibility index (Phi) is 8.73. The van der Waals surface area contributed by atoms with Gasteiger partial charge in [-0.1, -0.05) is 20.8 Å². The largest absolute Gasteiger partial charge is 0.493 e. The number of hydrogen-bond acceptors (Lipinski definition) is 10. The zero-order valence-electron chi connectivity index (χ0n) is 22.5. The average molecular weight is 554 g/mol. The summed E-state index contributed by atoms with van der Waals surface area (Å²) in [6, 6.07) is 6.23. The molecule has 0 radical (unpaired) electrons. The van der Waals surface area contributed by atoms with Crippen LogP contribution >= 0.6 is 0 Å². The zero-order valence-corrected chi connectivity index (χ0v) is 22.5. The molecular weight excluding hydrogens is 525 g/mol. The van der Waals surface area contributed by atoms with Crippen molar-refractivity contribution in [2.75, 3.05) is 20.0 Å². The number of methoxy groups -OCH3 is 2. The standard InChI is InChI=1S/C27H28FN5O7/c1-27(2,3)21(35)19-13-16-22(30-19)32-26(29)33(24(16)37)11-10-14-6-7-15(17(28)12-14)23(36)31-18(25(38)40-5)8-9-20(34)39-4/h6-7,12-13,18,37H,8-9H2,1-5H3,(H,31,36)(H2,29,30,32)/t18-/m0/s1. The number of carbonyl (C=O) groups excluding carboxylic acids is 4. The molecule has 0 saturated carbocycles.